The molecule has 0 bridgehead atoms. The van der Waals surface area contributed by atoms with E-state index in [-0.39, 0.29) is 12.1 Å². The molecule has 2 N–H and O–H groups in total. The molecule has 1 aliphatic carbocycles. The minimum absolute atomic E-state index is 0.0429. The standard InChI is InChI=1S/C10H15N3O2/c14-7-4-8(11-5-7)10-12-9(13-15-10)6-2-1-3-6/h6-8,11,14H,1-5H2. The van der Waals surface area contributed by atoms with Crippen molar-refractivity contribution >= 4 is 0 Å². The highest BCUT2D eigenvalue weighted by Gasteiger charge is 2.30. The summed E-state index contributed by atoms with van der Waals surface area (Å²) < 4.78 is 5.22. The van der Waals surface area contributed by atoms with Crippen LogP contribution in [0.15, 0.2) is 4.52 Å². The lowest BCUT2D eigenvalue weighted by Gasteiger charge is -2.21. The van der Waals surface area contributed by atoms with Crippen molar-refractivity contribution in [3.63, 3.8) is 0 Å². The van der Waals surface area contributed by atoms with Gasteiger partial charge in [0.05, 0.1) is 12.1 Å². The highest BCUT2D eigenvalue weighted by Crippen LogP contribution is 2.35. The zero-order valence-electron chi connectivity index (χ0n) is 8.52. The van der Waals surface area contributed by atoms with Gasteiger partial charge in [-0.15, -0.1) is 0 Å². The van der Waals surface area contributed by atoms with E-state index in [0.717, 1.165) is 5.82 Å². The van der Waals surface area contributed by atoms with Gasteiger partial charge in [-0.1, -0.05) is 11.6 Å². The molecule has 1 saturated carbocycles. The van der Waals surface area contributed by atoms with Crippen LogP contribution < -0.4 is 5.32 Å². The maximum atomic E-state index is 9.38. The SMILES string of the molecule is OC1CNC(c2nc(C3CCC3)no2)C1. The van der Waals surface area contributed by atoms with Gasteiger partial charge in [0.25, 0.3) is 0 Å². The van der Waals surface area contributed by atoms with Gasteiger partial charge in [0.1, 0.15) is 0 Å². The molecular formula is C10H15N3O2. The summed E-state index contributed by atoms with van der Waals surface area (Å²) in [6.07, 6.45) is 4.02. The summed E-state index contributed by atoms with van der Waals surface area (Å²) in [5.74, 6) is 1.99. The highest BCUT2D eigenvalue weighted by molar-refractivity contribution is 5.03. The molecule has 2 atom stereocenters. The summed E-state index contributed by atoms with van der Waals surface area (Å²) in [6.45, 7) is 0.617. The third-order valence-corrected chi connectivity index (χ3v) is 3.33. The van der Waals surface area contributed by atoms with Crippen molar-refractivity contribution in [3.05, 3.63) is 11.7 Å². The van der Waals surface area contributed by atoms with Gasteiger partial charge in [-0.2, -0.15) is 4.98 Å². The Balaban J connectivity index is 1.72. The topological polar surface area (TPSA) is 71.2 Å². The van der Waals surface area contributed by atoms with Gasteiger partial charge >= 0.3 is 0 Å². The van der Waals surface area contributed by atoms with Crippen molar-refractivity contribution in [1.82, 2.24) is 15.5 Å². The number of aliphatic hydroxyl groups excluding tert-OH is 1. The molecular weight excluding hydrogens is 194 g/mol. The molecule has 2 fully saturated rings. The number of aliphatic hydroxyl groups is 1. The zero-order chi connectivity index (χ0) is 10.3. The first kappa shape index (κ1) is 9.30. The summed E-state index contributed by atoms with van der Waals surface area (Å²) in [5, 5.41) is 16.5. The van der Waals surface area contributed by atoms with Crippen LogP contribution in [0.25, 0.3) is 0 Å². The van der Waals surface area contributed by atoms with Gasteiger partial charge in [-0.3, -0.25) is 0 Å². The van der Waals surface area contributed by atoms with Gasteiger partial charge in [0.2, 0.25) is 5.89 Å². The Labute approximate surface area is 87.9 Å². The monoisotopic (exact) mass is 209 g/mol. The lowest BCUT2D eigenvalue weighted by atomic mass is 9.85. The van der Waals surface area contributed by atoms with Crippen LogP contribution in [0.1, 0.15) is 49.4 Å². The first-order chi connectivity index (χ1) is 7.33. The van der Waals surface area contributed by atoms with Crippen LogP contribution in [0.5, 0.6) is 0 Å². The number of nitrogens with zero attached hydrogens (tertiary/aromatic N) is 2. The van der Waals surface area contributed by atoms with E-state index in [4.69, 9.17) is 4.52 Å². The summed E-state index contributed by atoms with van der Waals surface area (Å²) in [7, 11) is 0. The third kappa shape index (κ3) is 1.66. The first-order valence-electron chi connectivity index (χ1n) is 5.58. The van der Waals surface area contributed by atoms with Crippen LogP contribution in [0.3, 0.4) is 0 Å². The van der Waals surface area contributed by atoms with Crippen molar-refractivity contribution in [2.24, 2.45) is 0 Å². The smallest absolute Gasteiger partial charge is 0.243 e. The van der Waals surface area contributed by atoms with E-state index in [1.54, 1.807) is 0 Å². The van der Waals surface area contributed by atoms with Crippen LogP contribution in [-0.4, -0.2) is 27.9 Å². The molecule has 1 aromatic heterocycles. The third-order valence-electron chi connectivity index (χ3n) is 3.33. The van der Waals surface area contributed by atoms with Crippen LogP contribution in [0.2, 0.25) is 0 Å². The molecule has 2 aliphatic rings. The number of β-amino-alcohol motifs (C(OH)–C–C–N with tert-alkyl or cyclic N) is 1. The lowest BCUT2D eigenvalue weighted by Crippen LogP contribution is -2.15. The van der Waals surface area contributed by atoms with Crippen LogP contribution in [0, 0.1) is 0 Å². The van der Waals surface area contributed by atoms with Crippen LogP contribution in [-0.2, 0) is 0 Å². The van der Waals surface area contributed by atoms with Crippen LogP contribution in [0.4, 0.5) is 0 Å². The lowest BCUT2D eigenvalue weighted by molar-refractivity contribution is 0.191. The van der Waals surface area contributed by atoms with Crippen molar-refractivity contribution in [2.75, 3.05) is 6.54 Å². The number of aromatic nitrogens is 2. The number of rotatable bonds is 2. The van der Waals surface area contributed by atoms with Gasteiger partial charge in [-0.25, -0.2) is 0 Å². The summed E-state index contributed by atoms with van der Waals surface area (Å²) in [6, 6.07) is 0.0429. The molecule has 82 valence electrons. The molecule has 5 nitrogen and oxygen atoms in total. The van der Waals surface area contributed by atoms with E-state index in [0.29, 0.717) is 24.8 Å². The van der Waals surface area contributed by atoms with E-state index in [1.807, 2.05) is 0 Å². The average molecular weight is 209 g/mol. The Hall–Kier alpha value is -0.940. The molecule has 5 heteroatoms. The van der Waals surface area contributed by atoms with Crippen molar-refractivity contribution in [3.8, 4) is 0 Å². The van der Waals surface area contributed by atoms with Crippen molar-refractivity contribution in [2.45, 2.75) is 43.7 Å². The fourth-order valence-electron chi connectivity index (χ4n) is 2.13. The van der Waals surface area contributed by atoms with E-state index in [9.17, 15) is 5.11 Å². The van der Waals surface area contributed by atoms with Gasteiger partial charge in [-0.05, 0) is 19.3 Å². The zero-order valence-corrected chi connectivity index (χ0v) is 8.52. The predicted octanol–water partition coefficient (Wildman–Crippen LogP) is 0.732. The quantitative estimate of drug-likeness (QED) is 0.751. The Bertz CT molecular complexity index is 348. The Kier molecular flexibility index (Phi) is 2.21. The van der Waals surface area contributed by atoms with E-state index >= 15 is 0 Å². The highest BCUT2D eigenvalue weighted by atomic mass is 16.5. The summed E-state index contributed by atoms with van der Waals surface area (Å²) in [4.78, 5) is 4.40. The van der Waals surface area contributed by atoms with Crippen LogP contribution >= 0.6 is 0 Å². The van der Waals surface area contributed by atoms with Gasteiger partial charge < -0.3 is 14.9 Å². The van der Waals surface area contributed by atoms with E-state index < -0.39 is 0 Å². The predicted molar refractivity (Wildman–Crippen MR) is 52.3 cm³/mol. The molecule has 0 amide bonds. The average Bonchev–Trinajstić information content (AvgIpc) is 2.70. The molecule has 1 saturated heterocycles. The van der Waals surface area contributed by atoms with E-state index in [1.165, 1.54) is 19.3 Å². The second kappa shape index (κ2) is 3.57. The molecule has 15 heavy (non-hydrogen) atoms. The Morgan fingerprint density at radius 3 is 2.87 bits per heavy atom. The molecule has 2 heterocycles. The fraction of sp³-hybridized carbons (Fsp3) is 0.800. The normalized spacial score (nSPS) is 31.8. The minimum atomic E-state index is -0.283. The van der Waals surface area contributed by atoms with Gasteiger partial charge in [0.15, 0.2) is 5.82 Å². The van der Waals surface area contributed by atoms with Crippen molar-refractivity contribution in [1.29, 1.82) is 0 Å². The van der Waals surface area contributed by atoms with Crippen molar-refractivity contribution < 1.29 is 9.63 Å². The Morgan fingerprint density at radius 2 is 2.27 bits per heavy atom. The molecule has 3 rings (SSSR count). The maximum Gasteiger partial charge on any atom is 0.243 e. The first-order valence-corrected chi connectivity index (χ1v) is 5.58. The molecule has 1 aliphatic heterocycles. The number of hydrogen-bond acceptors (Lipinski definition) is 5. The molecule has 0 radical (unpaired) electrons. The summed E-state index contributed by atoms with van der Waals surface area (Å²) in [5.41, 5.74) is 0. The minimum Gasteiger partial charge on any atom is -0.392 e. The summed E-state index contributed by atoms with van der Waals surface area (Å²) >= 11 is 0. The second-order valence-electron chi connectivity index (χ2n) is 4.47. The molecule has 0 spiro atoms. The molecule has 1 aromatic rings. The Morgan fingerprint density at radius 1 is 1.40 bits per heavy atom. The number of hydrogen-bond donors (Lipinski definition) is 2. The molecule has 2 unspecified atom stereocenters. The maximum absolute atomic E-state index is 9.38. The largest absolute Gasteiger partial charge is 0.392 e. The fourth-order valence-corrected chi connectivity index (χ4v) is 2.13. The van der Waals surface area contributed by atoms with Gasteiger partial charge in [0, 0.05) is 12.5 Å². The number of nitrogens with one attached hydrogen (secondary N) is 1. The molecule has 0 aromatic carbocycles. The second-order valence-corrected chi connectivity index (χ2v) is 4.47. The van der Waals surface area contributed by atoms with E-state index in [2.05, 4.69) is 15.5 Å².